The lowest BCUT2D eigenvalue weighted by molar-refractivity contribution is 0.0387. The molecule has 3 N–H and O–H groups in total. The second kappa shape index (κ2) is 13.7. The van der Waals surface area contributed by atoms with Gasteiger partial charge in [-0.3, -0.25) is 4.79 Å². The van der Waals surface area contributed by atoms with E-state index in [-0.39, 0.29) is 59.8 Å². The molecule has 0 saturated heterocycles. The Hall–Kier alpha value is -3.35. The average Bonchev–Trinajstić information content (AvgIpc) is 2.99. The Kier molecular flexibility index (Phi) is 10.3. The maximum Gasteiger partial charge on any atom is 0.319 e. The summed E-state index contributed by atoms with van der Waals surface area (Å²) in [7, 11) is -0.836. The Bertz CT molecular complexity index is 1350. The summed E-state index contributed by atoms with van der Waals surface area (Å²) in [5.41, 5.74) is 0.656. The number of urea groups is 1. The van der Waals surface area contributed by atoms with Gasteiger partial charge in [0.15, 0.2) is 0 Å². The van der Waals surface area contributed by atoms with E-state index < -0.39 is 22.2 Å². The predicted molar refractivity (Wildman–Crippen MR) is 159 cm³/mol. The standard InChI is InChI=1S/C30H42N4O7S/c1-20-17-34(21(2)19-35)29(36)26-16-23(32-30(37)31-22-8-6-5-7-9-22)10-15-27(26)41-28(20)18-33(3)42(38,39)25-13-11-24(40-4)12-14-25/h10-16,20-22,28,35H,5-9,17-19H2,1-4H3,(H2,31,32,37)/t20-,21+,28+/m0/s1. The number of hydrogen-bond acceptors (Lipinski definition) is 7. The molecule has 230 valence electrons. The van der Waals surface area contributed by atoms with Crippen LogP contribution in [0.2, 0.25) is 0 Å². The number of aliphatic hydroxyl groups is 1. The number of anilines is 1. The van der Waals surface area contributed by atoms with Crippen LogP contribution < -0.4 is 20.1 Å². The number of methoxy groups -OCH3 is 1. The lowest BCUT2D eigenvalue weighted by Gasteiger charge is -2.38. The van der Waals surface area contributed by atoms with Gasteiger partial charge in [0.25, 0.3) is 5.91 Å². The number of carbonyl (C=O) groups excluding carboxylic acids is 2. The van der Waals surface area contributed by atoms with Crippen molar-refractivity contribution < 1.29 is 32.6 Å². The summed E-state index contributed by atoms with van der Waals surface area (Å²) >= 11 is 0. The van der Waals surface area contributed by atoms with Crippen LogP contribution in [-0.2, 0) is 10.0 Å². The molecular formula is C30H42N4O7S. The highest BCUT2D eigenvalue weighted by Crippen LogP contribution is 2.31. The van der Waals surface area contributed by atoms with Crippen LogP contribution in [0, 0.1) is 5.92 Å². The number of hydrogen-bond donors (Lipinski definition) is 3. The van der Waals surface area contributed by atoms with Gasteiger partial charge >= 0.3 is 6.03 Å². The van der Waals surface area contributed by atoms with Gasteiger partial charge in [0.1, 0.15) is 17.6 Å². The minimum absolute atomic E-state index is 0.0221. The van der Waals surface area contributed by atoms with E-state index in [2.05, 4.69) is 10.6 Å². The molecule has 0 bridgehead atoms. The zero-order valence-electron chi connectivity index (χ0n) is 24.7. The maximum absolute atomic E-state index is 13.7. The zero-order valence-corrected chi connectivity index (χ0v) is 25.5. The summed E-state index contributed by atoms with van der Waals surface area (Å²) in [6, 6.07) is 10.3. The third-order valence-corrected chi connectivity index (χ3v) is 9.91. The lowest BCUT2D eigenvalue weighted by atomic mass is 9.96. The van der Waals surface area contributed by atoms with Gasteiger partial charge in [0, 0.05) is 31.2 Å². The molecule has 2 aliphatic rings. The molecule has 0 aromatic heterocycles. The van der Waals surface area contributed by atoms with Crippen LogP contribution in [-0.4, -0.2) is 86.7 Å². The van der Waals surface area contributed by atoms with E-state index in [1.807, 2.05) is 6.92 Å². The van der Waals surface area contributed by atoms with E-state index in [1.165, 1.54) is 37.0 Å². The second-order valence-electron chi connectivity index (χ2n) is 11.2. The molecule has 1 aliphatic heterocycles. The molecule has 0 spiro atoms. The van der Waals surface area contributed by atoms with E-state index in [0.29, 0.717) is 11.4 Å². The monoisotopic (exact) mass is 602 g/mol. The van der Waals surface area contributed by atoms with E-state index in [1.54, 1.807) is 42.2 Å². The minimum atomic E-state index is -3.84. The number of rotatable bonds is 9. The van der Waals surface area contributed by atoms with Crippen molar-refractivity contribution >= 4 is 27.6 Å². The maximum atomic E-state index is 13.7. The fraction of sp³-hybridized carbons (Fsp3) is 0.533. The molecule has 0 unspecified atom stereocenters. The quantitative estimate of drug-likeness (QED) is 0.398. The molecule has 1 fully saturated rings. The van der Waals surface area contributed by atoms with E-state index in [0.717, 1.165) is 25.7 Å². The Morgan fingerprint density at radius 1 is 1.17 bits per heavy atom. The first-order valence-corrected chi connectivity index (χ1v) is 15.9. The first kappa shape index (κ1) is 31.6. The fourth-order valence-corrected chi connectivity index (χ4v) is 6.58. The van der Waals surface area contributed by atoms with Crippen LogP contribution in [0.15, 0.2) is 47.4 Å². The van der Waals surface area contributed by atoms with Crippen molar-refractivity contribution in [3.63, 3.8) is 0 Å². The highest BCUT2D eigenvalue weighted by molar-refractivity contribution is 7.89. The molecule has 2 aromatic rings. The normalized spacial score (nSPS) is 20.6. The van der Waals surface area contributed by atoms with Crippen LogP contribution >= 0.6 is 0 Å². The van der Waals surface area contributed by atoms with Crippen LogP contribution in [0.3, 0.4) is 0 Å². The number of benzene rings is 2. The van der Waals surface area contributed by atoms with E-state index >= 15 is 0 Å². The van der Waals surface area contributed by atoms with Gasteiger partial charge < -0.3 is 30.1 Å². The molecule has 1 heterocycles. The fourth-order valence-electron chi connectivity index (χ4n) is 5.40. The van der Waals surface area contributed by atoms with Crippen molar-refractivity contribution in [2.24, 2.45) is 5.92 Å². The number of nitrogens with one attached hydrogen (secondary N) is 2. The van der Waals surface area contributed by atoms with E-state index in [4.69, 9.17) is 9.47 Å². The summed E-state index contributed by atoms with van der Waals surface area (Å²) in [4.78, 5) is 28.1. The van der Waals surface area contributed by atoms with E-state index in [9.17, 15) is 23.1 Å². The lowest BCUT2D eigenvalue weighted by Crippen LogP contribution is -2.50. The molecule has 12 heteroatoms. The van der Waals surface area contributed by atoms with Crippen LogP contribution in [0.4, 0.5) is 10.5 Å². The Labute approximate surface area is 248 Å². The smallest absolute Gasteiger partial charge is 0.319 e. The number of fused-ring (bicyclic) bond motifs is 1. The minimum Gasteiger partial charge on any atom is -0.497 e. The van der Waals surface area contributed by atoms with Crippen molar-refractivity contribution in [1.29, 1.82) is 0 Å². The highest BCUT2D eigenvalue weighted by Gasteiger charge is 2.35. The highest BCUT2D eigenvalue weighted by atomic mass is 32.2. The topological polar surface area (TPSA) is 138 Å². The number of amides is 3. The summed E-state index contributed by atoms with van der Waals surface area (Å²) < 4.78 is 39.4. The third-order valence-electron chi connectivity index (χ3n) is 8.07. The summed E-state index contributed by atoms with van der Waals surface area (Å²) in [6.07, 6.45) is 4.63. The average molecular weight is 603 g/mol. The first-order chi connectivity index (χ1) is 20.0. The SMILES string of the molecule is COc1ccc(S(=O)(=O)N(C)C[C@H]2Oc3ccc(NC(=O)NC4CCCCC4)cc3C(=O)N([C@H](C)CO)C[C@@H]2C)cc1. The third kappa shape index (κ3) is 7.34. The van der Waals surface area contributed by atoms with Gasteiger partial charge in [-0.2, -0.15) is 4.31 Å². The van der Waals surface area contributed by atoms with Crippen LogP contribution in [0.5, 0.6) is 11.5 Å². The molecule has 2 aromatic carbocycles. The van der Waals surface area contributed by atoms with Crippen molar-refractivity contribution in [2.75, 3.05) is 39.2 Å². The summed E-state index contributed by atoms with van der Waals surface area (Å²) in [5.74, 6) is 0.213. The number of carbonyl (C=O) groups is 2. The molecule has 42 heavy (non-hydrogen) atoms. The summed E-state index contributed by atoms with van der Waals surface area (Å²) in [5, 5.41) is 15.8. The number of nitrogens with zero attached hydrogens (tertiary/aromatic N) is 2. The molecule has 0 radical (unpaired) electrons. The Balaban J connectivity index is 1.58. The van der Waals surface area contributed by atoms with Gasteiger partial charge in [-0.1, -0.05) is 26.2 Å². The van der Waals surface area contributed by atoms with Gasteiger partial charge in [0.05, 0.1) is 36.8 Å². The van der Waals surface area contributed by atoms with Gasteiger partial charge in [-0.15, -0.1) is 0 Å². The van der Waals surface area contributed by atoms with Gasteiger partial charge in [0.2, 0.25) is 10.0 Å². The second-order valence-corrected chi connectivity index (χ2v) is 13.3. The predicted octanol–water partition coefficient (Wildman–Crippen LogP) is 3.69. The van der Waals surface area contributed by atoms with Crippen molar-refractivity contribution in [1.82, 2.24) is 14.5 Å². The van der Waals surface area contributed by atoms with Crippen LogP contribution in [0.1, 0.15) is 56.3 Å². The van der Waals surface area contributed by atoms with Crippen molar-refractivity contribution in [3.8, 4) is 11.5 Å². The molecule has 3 atom stereocenters. The Morgan fingerprint density at radius 2 is 1.86 bits per heavy atom. The number of ether oxygens (including phenoxy) is 2. The Morgan fingerprint density at radius 3 is 2.50 bits per heavy atom. The van der Waals surface area contributed by atoms with Crippen molar-refractivity contribution in [3.05, 3.63) is 48.0 Å². The molecule has 1 saturated carbocycles. The van der Waals surface area contributed by atoms with Gasteiger partial charge in [-0.05, 0) is 62.2 Å². The number of likely N-dealkylation sites (N-methyl/N-ethyl adjacent to an activating group) is 1. The molecule has 3 amide bonds. The number of sulfonamides is 1. The molecule has 11 nitrogen and oxygen atoms in total. The molecule has 4 rings (SSSR count). The largest absolute Gasteiger partial charge is 0.497 e. The first-order valence-electron chi connectivity index (χ1n) is 14.4. The zero-order chi connectivity index (χ0) is 30.4. The van der Waals surface area contributed by atoms with Crippen molar-refractivity contribution in [2.45, 2.75) is 69.0 Å². The van der Waals surface area contributed by atoms with Gasteiger partial charge in [-0.25, -0.2) is 13.2 Å². The molecule has 1 aliphatic carbocycles. The molecular weight excluding hydrogens is 560 g/mol. The van der Waals surface area contributed by atoms with Crippen LogP contribution in [0.25, 0.3) is 0 Å². The number of aliphatic hydroxyl groups excluding tert-OH is 1. The summed E-state index contributed by atoms with van der Waals surface area (Å²) in [6.45, 7) is 3.66.